The molecule has 0 unspecified atom stereocenters. The molecule has 30 heavy (non-hydrogen) atoms. The molecule has 0 aliphatic rings. The lowest BCUT2D eigenvalue weighted by Gasteiger charge is -2.22. The first kappa shape index (κ1) is 20.2. The quantitative estimate of drug-likeness (QED) is 0.436. The molecule has 1 N–H and O–H groups in total. The summed E-state index contributed by atoms with van der Waals surface area (Å²) in [6.45, 7) is 0.608. The highest BCUT2D eigenvalue weighted by molar-refractivity contribution is 7.21. The summed E-state index contributed by atoms with van der Waals surface area (Å²) in [6.07, 6.45) is 1.58. The number of amides is 2. The Balaban J connectivity index is 1.46. The number of carbonyl (C=O) groups excluding carboxylic acids is 2. The topological polar surface area (TPSA) is 62.6 Å². The van der Waals surface area contributed by atoms with Crippen molar-refractivity contribution >= 4 is 44.8 Å². The number of carbonyl (C=O) groups is 2. The Morgan fingerprint density at radius 1 is 0.967 bits per heavy atom. The van der Waals surface area contributed by atoms with Crippen LogP contribution < -0.4 is 5.32 Å². The molecule has 0 radical (unpaired) electrons. The number of thiophene rings is 1. The van der Waals surface area contributed by atoms with Gasteiger partial charge in [0.2, 0.25) is 5.91 Å². The van der Waals surface area contributed by atoms with Gasteiger partial charge in [-0.1, -0.05) is 60.1 Å². The predicted octanol–water partition coefficient (Wildman–Crippen LogP) is 5.11. The molecule has 0 fully saturated rings. The molecule has 0 saturated carbocycles. The van der Waals surface area contributed by atoms with Crippen molar-refractivity contribution in [1.82, 2.24) is 10.2 Å². The van der Waals surface area contributed by atoms with Crippen LogP contribution in [-0.4, -0.2) is 23.3 Å². The Hall–Kier alpha value is -3.09. The maximum absolute atomic E-state index is 12.9. The highest BCUT2D eigenvalue weighted by Gasteiger charge is 2.20. The van der Waals surface area contributed by atoms with Crippen LogP contribution in [0.5, 0.6) is 0 Å². The van der Waals surface area contributed by atoms with Gasteiger partial charge in [-0.2, -0.15) is 0 Å². The number of rotatable bonds is 7. The van der Waals surface area contributed by atoms with Gasteiger partial charge in [-0.05, 0) is 23.8 Å². The van der Waals surface area contributed by atoms with Gasteiger partial charge in [0, 0.05) is 16.6 Å². The Labute approximate surface area is 182 Å². The van der Waals surface area contributed by atoms with E-state index in [2.05, 4.69) is 5.32 Å². The van der Waals surface area contributed by atoms with E-state index in [1.165, 1.54) is 11.3 Å². The third-order valence-electron chi connectivity index (χ3n) is 4.64. The fraction of sp³-hybridized carbons (Fsp3) is 0.130. The van der Waals surface area contributed by atoms with Crippen LogP contribution in [0.2, 0.25) is 5.02 Å². The van der Waals surface area contributed by atoms with E-state index in [0.717, 1.165) is 15.6 Å². The molecule has 0 aliphatic carbocycles. The third-order valence-corrected chi connectivity index (χ3v) is 6.31. The molecule has 0 saturated heterocycles. The Kier molecular flexibility index (Phi) is 6.16. The number of fused-ring (bicyclic) bond motifs is 1. The highest BCUT2D eigenvalue weighted by Crippen LogP contribution is 2.34. The van der Waals surface area contributed by atoms with Crippen LogP contribution in [0.4, 0.5) is 0 Å². The molecule has 2 amide bonds. The Morgan fingerprint density at radius 3 is 2.47 bits per heavy atom. The predicted molar refractivity (Wildman–Crippen MR) is 119 cm³/mol. The molecule has 2 aromatic carbocycles. The number of nitrogens with zero attached hydrogens (tertiary/aromatic N) is 1. The number of halogens is 1. The van der Waals surface area contributed by atoms with Gasteiger partial charge in [0.15, 0.2) is 0 Å². The number of nitrogens with one attached hydrogen (secondary N) is 1. The lowest BCUT2D eigenvalue weighted by molar-refractivity contribution is -0.131. The van der Waals surface area contributed by atoms with Crippen LogP contribution in [-0.2, 0) is 17.9 Å². The molecule has 2 aromatic heterocycles. The standard InChI is InChI=1S/C23H19ClN2O3S/c24-21-18-10-4-5-11-19(18)30-22(21)23(28)25-13-20(27)26(15-17-9-6-12-29-17)14-16-7-2-1-3-8-16/h1-12H,13-15H2,(H,25,28). The van der Waals surface area contributed by atoms with Gasteiger partial charge in [0.25, 0.3) is 5.91 Å². The summed E-state index contributed by atoms with van der Waals surface area (Å²) < 4.78 is 6.33. The molecular formula is C23H19ClN2O3S. The third kappa shape index (κ3) is 4.56. The van der Waals surface area contributed by atoms with Gasteiger partial charge >= 0.3 is 0 Å². The molecule has 5 nitrogen and oxygen atoms in total. The van der Waals surface area contributed by atoms with Gasteiger partial charge in [0.05, 0.1) is 24.4 Å². The summed E-state index contributed by atoms with van der Waals surface area (Å²) >= 11 is 7.69. The lowest BCUT2D eigenvalue weighted by atomic mass is 10.2. The molecule has 7 heteroatoms. The molecule has 4 rings (SSSR count). The second kappa shape index (κ2) is 9.15. The second-order valence-electron chi connectivity index (χ2n) is 6.74. The van der Waals surface area contributed by atoms with Crippen LogP contribution in [0.15, 0.2) is 77.4 Å². The summed E-state index contributed by atoms with van der Waals surface area (Å²) in [5.41, 5.74) is 0.997. The Bertz CT molecular complexity index is 1160. The normalized spacial score (nSPS) is 10.8. The summed E-state index contributed by atoms with van der Waals surface area (Å²) in [7, 11) is 0. The minimum atomic E-state index is -0.354. The number of hydrogen-bond acceptors (Lipinski definition) is 4. The van der Waals surface area contributed by atoms with E-state index in [0.29, 0.717) is 28.7 Å². The van der Waals surface area contributed by atoms with E-state index in [1.807, 2.05) is 60.7 Å². The molecule has 0 spiro atoms. The highest BCUT2D eigenvalue weighted by atomic mass is 35.5. The lowest BCUT2D eigenvalue weighted by Crippen LogP contribution is -2.39. The van der Waals surface area contributed by atoms with E-state index in [4.69, 9.17) is 16.0 Å². The average Bonchev–Trinajstić information content (AvgIpc) is 3.40. The van der Waals surface area contributed by atoms with Crippen molar-refractivity contribution < 1.29 is 14.0 Å². The van der Waals surface area contributed by atoms with Gasteiger partial charge in [-0.3, -0.25) is 9.59 Å². The van der Waals surface area contributed by atoms with Crippen LogP contribution in [0, 0.1) is 0 Å². The monoisotopic (exact) mass is 438 g/mol. The van der Waals surface area contributed by atoms with E-state index in [9.17, 15) is 9.59 Å². The average molecular weight is 439 g/mol. The smallest absolute Gasteiger partial charge is 0.263 e. The summed E-state index contributed by atoms with van der Waals surface area (Å²) in [5, 5.41) is 3.96. The van der Waals surface area contributed by atoms with Gasteiger partial charge in [-0.25, -0.2) is 0 Å². The van der Waals surface area contributed by atoms with Crippen molar-refractivity contribution in [2.45, 2.75) is 13.1 Å². The molecule has 0 atom stereocenters. The van der Waals surface area contributed by atoms with E-state index < -0.39 is 0 Å². The van der Waals surface area contributed by atoms with Crippen LogP contribution >= 0.6 is 22.9 Å². The largest absolute Gasteiger partial charge is 0.467 e. The second-order valence-corrected chi connectivity index (χ2v) is 8.17. The molecule has 0 bridgehead atoms. The van der Waals surface area contributed by atoms with Crippen molar-refractivity contribution in [1.29, 1.82) is 0 Å². The van der Waals surface area contributed by atoms with Crippen molar-refractivity contribution in [2.75, 3.05) is 6.54 Å². The summed E-state index contributed by atoms with van der Waals surface area (Å²) in [4.78, 5) is 27.6. The maximum Gasteiger partial charge on any atom is 0.263 e. The van der Waals surface area contributed by atoms with Crippen molar-refractivity contribution in [3.8, 4) is 0 Å². The molecule has 152 valence electrons. The van der Waals surface area contributed by atoms with Crippen LogP contribution in [0.1, 0.15) is 21.0 Å². The maximum atomic E-state index is 12.9. The van der Waals surface area contributed by atoms with Crippen molar-refractivity contribution in [3.63, 3.8) is 0 Å². The van der Waals surface area contributed by atoms with Crippen LogP contribution in [0.3, 0.4) is 0 Å². The number of hydrogen-bond donors (Lipinski definition) is 1. The van der Waals surface area contributed by atoms with E-state index in [-0.39, 0.29) is 18.4 Å². The first-order valence-electron chi connectivity index (χ1n) is 9.41. The SMILES string of the molecule is O=C(NCC(=O)N(Cc1ccccc1)Cc1ccco1)c1sc2ccccc2c1Cl. The fourth-order valence-corrected chi connectivity index (χ4v) is 4.57. The zero-order valence-corrected chi connectivity index (χ0v) is 17.6. The van der Waals surface area contributed by atoms with Gasteiger partial charge < -0.3 is 14.6 Å². The van der Waals surface area contributed by atoms with Crippen molar-refractivity contribution in [2.24, 2.45) is 0 Å². The minimum absolute atomic E-state index is 0.128. The van der Waals surface area contributed by atoms with Crippen molar-refractivity contribution in [3.05, 3.63) is 94.2 Å². The zero-order chi connectivity index (χ0) is 20.9. The van der Waals surface area contributed by atoms with E-state index >= 15 is 0 Å². The van der Waals surface area contributed by atoms with Gasteiger partial charge in [-0.15, -0.1) is 11.3 Å². The molecular weight excluding hydrogens is 420 g/mol. The fourth-order valence-electron chi connectivity index (χ4n) is 3.13. The Morgan fingerprint density at radius 2 is 1.73 bits per heavy atom. The zero-order valence-electron chi connectivity index (χ0n) is 16.0. The number of benzene rings is 2. The first-order valence-corrected chi connectivity index (χ1v) is 10.6. The van der Waals surface area contributed by atoms with Gasteiger partial charge in [0.1, 0.15) is 10.6 Å². The summed E-state index contributed by atoms with van der Waals surface area (Å²) in [5.74, 6) is 0.117. The molecule has 2 heterocycles. The number of furan rings is 1. The molecule has 0 aliphatic heterocycles. The minimum Gasteiger partial charge on any atom is -0.467 e. The van der Waals surface area contributed by atoms with E-state index in [1.54, 1.807) is 17.2 Å². The van der Waals surface area contributed by atoms with Crippen LogP contribution in [0.25, 0.3) is 10.1 Å². The first-order chi connectivity index (χ1) is 14.6. The molecule has 4 aromatic rings. The summed E-state index contributed by atoms with van der Waals surface area (Å²) in [6, 6.07) is 20.9.